The highest BCUT2D eigenvalue weighted by Crippen LogP contribution is 2.34. The molecule has 1 aliphatic rings. The number of rotatable bonds is 3. The summed E-state index contributed by atoms with van der Waals surface area (Å²) in [6.45, 7) is 2.19. The van der Waals surface area contributed by atoms with Gasteiger partial charge in [-0.15, -0.1) is 11.3 Å². The summed E-state index contributed by atoms with van der Waals surface area (Å²) in [5, 5.41) is 4.61. The van der Waals surface area contributed by atoms with Crippen molar-refractivity contribution in [1.29, 1.82) is 0 Å². The van der Waals surface area contributed by atoms with Crippen molar-refractivity contribution < 1.29 is 0 Å². The predicted octanol–water partition coefficient (Wildman–Crippen LogP) is 3.03. The van der Waals surface area contributed by atoms with Crippen LogP contribution < -0.4 is 5.32 Å². The molecule has 1 N–H and O–H groups in total. The van der Waals surface area contributed by atoms with Crippen LogP contribution in [-0.2, 0) is 0 Å². The van der Waals surface area contributed by atoms with Crippen molar-refractivity contribution in [3.63, 3.8) is 0 Å². The van der Waals surface area contributed by atoms with Crippen molar-refractivity contribution in [3.05, 3.63) is 16.1 Å². The molecule has 0 radical (unpaired) electrons. The standard InChI is InChI=1S/C11H18N2S2/c1-8(12-2)10-6-13-11(15-10)9-4-3-5-14-7-9/h6,8-9,12H,3-5,7H2,1-2H3. The van der Waals surface area contributed by atoms with Gasteiger partial charge in [-0.25, -0.2) is 4.98 Å². The third kappa shape index (κ3) is 2.74. The zero-order valence-electron chi connectivity index (χ0n) is 9.32. The molecule has 15 heavy (non-hydrogen) atoms. The van der Waals surface area contributed by atoms with Crippen LogP contribution in [0.15, 0.2) is 6.20 Å². The fourth-order valence-corrected chi connectivity index (χ4v) is 4.13. The maximum Gasteiger partial charge on any atom is 0.0967 e. The largest absolute Gasteiger partial charge is 0.312 e. The summed E-state index contributed by atoms with van der Waals surface area (Å²) in [7, 11) is 2.00. The molecular weight excluding hydrogens is 224 g/mol. The molecule has 0 saturated carbocycles. The molecular formula is C11H18N2S2. The number of aromatic nitrogens is 1. The Balaban J connectivity index is 2.05. The Kier molecular flexibility index (Phi) is 4.05. The summed E-state index contributed by atoms with van der Waals surface area (Å²) in [6, 6.07) is 0.437. The summed E-state index contributed by atoms with van der Waals surface area (Å²) in [5.41, 5.74) is 0. The van der Waals surface area contributed by atoms with E-state index in [1.807, 2.05) is 24.6 Å². The minimum atomic E-state index is 0.437. The molecule has 0 amide bonds. The van der Waals surface area contributed by atoms with Gasteiger partial charge >= 0.3 is 0 Å². The molecule has 0 bridgehead atoms. The van der Waals surface area contributed by atoms with Gasteiger partial charge in [0.1, 0.15) is 0 Å². The van der Waals surface area contributed by atoms with Crippen LogP contribution >= 0.6 is 23.1 Å². The lowest BCUT2D eigenvalue weighted by molar-refractivity contribution is 0.655. The normalized spacial score (nSPS) is 24.0. The molecule has 2 unspecified atom stereocenters. The molecule has 2 atom stereocenters. The van der Waals surface area contributed by atoms with E-state index >= 15 is 0 Å². The van der Waals surface area contributed by atoms with Gasteiger partial charge in [-0.3, -0.25) is 0 Å². The molecule has 4 heteroatoms. The van der Waals surface area contributed by atoms with E-state index < -0.39 is 0 Å². The lowest BCUT2D eigenvalue weighted by Gasteiger charge is -2.18. The summed E-state index contributed by atoms with van der Waals surface area (Å²) in [6.07, 6.45) is 4.72. The monoisotopic (exact) mass is 242 g/mol. The number of nitrogens with one attached hydrogen (secondary N) is 1. The molecule has 1 fully saturated rings. The molecule has 0 spiro atoms. The molecule has 1 saturated heterocycles. The number of hydrogen-bond donors (Lipinski definition) is 1. The molecule has 84 valence electrons. The molecule has 2 nitrogen and oxygen atoms in total. The first kappa shape index (κ1) is 11.4. The fourth-order valence-electron chi connectivity index (χ4n) is 1.77. The summed E-state index contributed by atoms with van der Waals surface area (Å²) >= 11 is 3.96. The van der Waals surface area contributed by atoms with Gasteiger partial charge in [0, 0.05) is 28.8 Å². The molecule has 2 heterocycles. The third-order valence-electron chi connectivity index (χ3n) is 2.91. The molecule has 0 aromatic carbocycles. The predicted molar refractivity (Wildman–Crippen MR) is 68.9 cm³/mol. The highest BCUT2D eigenvalue weighted by atomic mass is 32.2. The molecule has 1 aliphatic heterocycles. The van der Waals surface area contributed by atoms with Crippen LogP contribution in [0, 0.1) is 0 Å². The first-order chi connectivity index (χ1) is 7.31. The van der Waals surface area contributed by atoms with Crippen LogP contribution in [0.5, 0.6) is 0 Å². The Hall–Kier alpha value is -0.0600. The Morgan fingerprint density at radius 3 is 3.13 bits per heavy atom. The summed E-state index contributed by atoms with van der Waals surface area (Å²) < 4.78 is 0. The fraction of sp³-hybridized carbons (Fsp3) is 0.727. The van der Waals surface area contributed by atoms with Gasteiger partial charge in [-0.05, 0) is 32.6 Å². The van der Waals surface area contributed by atoms with E-state index in [2.05, 4.69) is 29.0 Å². The maximum atomic E-state index is 4.57. The average Bonchev–Trinajstić information content (AvgIpc) is 2.78. The number of thiazole rings is 1. The van der Waals surface area contributed by atoms with E-state index in [9.17, 15) is 0 Å². The van der Waals surface area contributed by atoms with Gasteiger partial charge in [-0.1, -0.05) is 0 Å². The lowest BCUT2D eigenvalue weighted by atomic mass is 10.1. The maximum absolute atomic E-state index is 4.57. The highest BCUT2D eigenvalue weighted by molar-refractivity contribution is 7.99. The van der Waals surface area contributed by atoms with E-state index in [0.717, 1.165) is 0 Å². The second-order valence-electron chi connectivity index (χ2n) is 4.03. The van der Waals surface area contributed by atoms with Gasteiger partial charge < -0.3 is 5.32 Å². The Morgan fingerprint density at radius 2 is 2.47 bits per heavy atom. The quantitative estimate of drug-likeness (QED) is 0.882. The van der Waals surface area contributed by atoms with Gasteiger partial charge in [0.2, 0.25) is 0 Å². The van der Waals surface area contributed by atoms with Gasteiger partial charge in [0.05, 0.1) is 5.01 Å². The third-order valence-corrected chi connectivity index (χ3v) is 5.47. The van der Waals surface area contributed by atoms with Crippen LogP contribution in [-0.4, -0.2) is 23.5 Å². The summed E-state index contributed by atoms with van der Waals surface area (Å²) in [4.78, 5) is 5.94. The van der Waals surface area contributed by atoms with Crippen molar-refractivity contribution in [2.24, 2.45) is 0 Å². The topological polar surface area (TPSA) is 24.9 Å². The van der Waals surface area contributed by atoms with Crippen LogP contribution in [0.4, 0.5) is 0 Å². The minimum Gasteiger partial charge on any atom is -0.312 e. The minimum absolute atomic E-state index is 0.437. The second kappa shape index (κ2) is 5.32. The Labute approximate surface area is 99.9 Å². The Bertz CT molecular complexity index is 305. The number of hydrogen-bond acceptors (Lipinski definition) is 4. The number of thioether (sulfide) groups is 1. The van der Waals surface area contributed by atoms with Gasteiger partial charge in [0.15, 0.2) is 0 Å². The van der Waals surface area contributed by atoms with Crippen molar-refractivity contribution in [1.82, 2.24) is 10.3 Å². The SMILES string of the molecule is CNC(C)c1cnc(C2CCCSC2)s1. The first-order valence-electron chi connectivity index (χ1n) is 5.52. The highest BCUT2D eigenvalue weighted by Gasteiger charge is 2.19. The van der Waals surface area contributed by atoms with Crippen LogP contribution in [0.1, 0.15) is 41.6 Å². The van der Waals surface area contributed by atoms with Crippen LogP contribution in [0.2, 0.25) is 0 Å². The van der Waals surface area contributed by atoms with Crippen molar-refractivity contribution >= 4 is 23.1 Å². The van der Waals surface area contributed by atoms with Gasteiger partial charge in [0.25, 0.3) is 0 Å². The molecule has 0 aliphatic carbocycles. The van der Waals surface area contributed by atoms with E-state index in [-0.39, 0.29) is 0 Å². The summed E-state index contributed by atoms with van der Waals surface area (Å²) in [5.74, 6) is 3.31. The molecule has 1 aromatic rings. The van der Waals surface area contributed by atoms with E-state index in [1.165, 1.54) is 34.2 Å². The van der Waals surface area contributed by atoms with Crippen molar-refractivity contribution in [2.45, 2.75) is 31.7 Å². The van der Waals surface area contributed by atoms with Crippen LogP contribution in [0.3, 0.4) is 0 Å². The van der Waals surface area contributed by atoms with E-state index in [1.54, 1.807) is 0 Å². The van der Waals surface area contributed by atoms with Gasteiger partial charge in [-0.2, -0.15) is 11.8 Å². The number of nitrogens with zero attached hydrogens (tertiary/aromatic N) is 1. The Morgan fingerprint density at radius 1 is 1.60 bits per heavy atom. The van der Waals surface area contributed by atoms with E-state index in [0.29, 0.717) is 12.0 Å². The van der Waals surface area contributed by atoms with E-state index in [4.69, 9.17) is 0 Å². The van der Waals surface area contributed by atoms with Crippen LogP contribution in [0.25, 0.3) is 0 Å². The zero-order chi connectivity index (χ0) is 10.7. The van der Waals surface area contributed by atoms with Crippen molar-refractivity contribution in [2.75, 3.05) is 18.6 Å². The first-order valence-corrected chi connectivity index (χ1v) is 7.49. The second-order valence-corrected chi connectivity index (χ2v) is 6.27. The van der Waals surface area contributed by atoms with Crippen molar-refractivity contribution in [3.8, 4) is 0 Å². The smallest absolute Gasteiger partial charge is 0.0967 e. The molecule has 2 rings (SSSR count). The lowest BCUT2D eigenvalue weighted by Crippen LogP contribution is -2.10. The average molecular weight is 242 g/mol. The molecule has 1 aromatic heterocycles. The zero-order valence-corrected chi connectivity index (χ0v) is 11.0.